The van der Waals surface area contributed by atoms with E-state index in [1.165, 1.54) is 5.22 Å². The summed E-state index contributed by atoms with van der Waals surface area (Å²) < 4.78 is 0. The van der Waals surface area contributed by atoms with E-state index in [1.54, 1.807) is 11.8 Å². The number of H-pyrrole nitrogens is 1. The molecule has 2 nitrogen and oxygen atoms in total. The summed E-state index contributed by atoms with van der Waals surface area (Å²) >= 11 is 1.74. The van der Waals surface area contributed by atoms with E-state index in [-0.39, 0.29) is 10.8 Å². The quantitative estimate of drug-likeness (QED) is 0.855. The number of aromatic amines is 1. The van der Waals surface area contributed by atoms with E-state index < -0.39 is 0 Å². The summed E-state index contributed by atoms with van der Waals surface area (Å²) in [5, 5.41) is 4.46. The van der Waals surface area contributed by atoms with Gasteiger partial charge in [0.25, 0.3) is 5.56 Å². The Balaban J connectivity index is 2.66. The van der Waals surface area contributed by atoms with Gasteiger partial charge in [0.1, 0.15) is 7.28 Å². The minimum absolute atomic E-state index is 0.0597. The molecule has 1 N–H and O–H groups in total. The Bertz CT molecular complexity index is 652. The molecule has 1 aliphatic rings. The molecule has 1 aliphatic heterocycles. The van der Waals surface area contributed by atoms with Gasteiger partial charge in [-0.05, 0) is 36.5 Å². The van der Waals surface area contributed by atoms with E-state index in [1.807, 2.05) is 19.8 Å². The predicted molar refractivity (Wildman–Crippen MR) is 86.2 cm³/mol. The lowest BCUT2D eigenvalue weighted by molar-refractivity contribution is 0.923. The lowest BCUT2D eigenvalue weighted by Gasteiger charge is -2.12. The van der Waals surface area contributed by atoms with Gasteiger partial charge in [-0.15, -0.1) is 11.8 Å². The molecule has 0 saturated heterocycles. The van der Waals surface area contributed by atoms with E-state index >= 15 is 0 Å². The zero-order valence-corrected chi connectivity index (χ0v) is 12.5. The molecule has 0 bridgehead atoms. The SMILES string of the molecule is C[B]CC=c1c(C)c(C2CC=CS2)c(=O)[nH]c1=CC. The molecule has 0 aromatic carbocycles. The minimum atomic E-state index is 0.0597. The molecule has 2 rings (SSSR count). The molecule has 1 radical (unpaired) electrons. The molecule has 1 aromatic heterocycles. The van der Waals surface area contributed by atoms with Crippen molar-refractivity contribution in [3.63, 3.8) is 0 Å². The fourth-order valence-corrected chi connectivity index (χ4v) is 3.51. The molecule has 99 valence electrons. The lowest BCUT2D eigenvalue weighted by Crippen LogP contribution is -2.39. The third-order valence-corrected chi connectivity index (χ3v) is 4.55. The predicted octanol–water partition coefficient (Wildman–Crippen LogP) is 2.13. The second kappa shape index (κ2) is 6.33. The van der Waals surface area contributed by atoms with Gasteiger partial charge < -0.3 is 4.98 Å². The maximum atomic E-state index is 12.3. The van der Waals surface area contributed by atoms with Crippen LogP contribution in [-0.2, 0) is 0 Å². The van der Waals surface area contributed by atoms with E-state index in [4.69, 9.17) is 0 Å². The largest absolute Gasteiger partial charge is 0.322 e. The van der Waals surface area contributed by atoms with Crippen LogP contribution in [0.15, 0.2) is 16.3 Å². The van der Waals surface area contributed by atoms with Crippen molar-refractivity contribution in [3.05, 3.63) is 43.5 Å². The first kappa shape index (κ1) is 14.3. The standard InChI is InChI=1S/C15H19BNOS/c1-4-12-11(7-8-16-3)10(2)14(15(18)17-12)13-6-5-9-19-13/h4-5,7,9,13H,6,8H2,1-3H3,(H,17,18). The Hall–Kier alpha value is -1.16. The molecule has 1 aromatic rings. The average Bonchev–Trinajstić information content (AvgIpc) is 2.91. The van der Waals surface area contributed by atoms with E-state index in [2.05, 4.69) is 36.7 Å². The van der Waals surface area contributed by atoms with Crippen LogP contribution in [0.2, 0.25) is 13.1 Å². The second-order valence-corrected chi connectivity index (χ2v) is 5.80. The van der Waals surface area contributed by atoms with Gasteiger partial charge in [0.05, 0.1) is 0 Å². The third kappa shape index (κ3) is 2.89. The van der Waals surface area contributed by atoms with Crippen molar-refractivity contribution in [2.75, 3.05) is 0 Å². The van der Waals surface area contributed by atoms with Gasteiger partial charge in [-0.2, -0.15) is 0 Å². The molecule has 19 heavy (non-hydrogen) atoms. The van der Waals surface area contributed by atoms with Crippen LogP contribution in [0, 0.1) is 6.92 Å². The van der Waals surface area contributed by atoms with Gasteiger partial charge in [-0.25, -0.2) is 0 Å². The summed E-state index contributed by atoms with van der Waals surface area (Å²) in [5.74, 6) is 0. The molecule has 0 saturated carbocycles. The number of hydrogen-bond acceptors (Lipinski definition) is 2. The first-order chi connectivity index (χ1) is 9.19. The number of hydrogen-bond donors (Lipinski definition) is 1. The number of allylic oxidation sites excluding steroid dienone is 1. The van der Waals surface area contributed by atoms with Crippen molar-refractivity contribution >= 4 is 31.2 Å². The van der Waals surface area contributed by atoms with Gasteiger partial charge in [-0.1, -0.05) is 31.4 Å². The van der Waals surface area contributed by atoms with E-state index in [0.717, 1.165) is 29.2 Å². The monoisotopic (exact) mass is 272 g/mol. The Labute approximate surface area is 118 Å². The Morgan fingerprint density at radius 2 is 2.37 bits per heavy atom. The zero-order chi connectivity index (χ0) is 13.8. The highest BCUT2D eigenvalue weighted by atomic mass is 32.2. The van der Waals surface area contributed by atoms with Crippen LogP contribution in [-0.4, -0.2) is 12.3 Å². The van der Waals surface area contributed by atoms with Crippen LogP contribution >= 0.6 is 11.8 Å². The molecule has 0 spiro atoms. The van der Waals surface area contributed by atoms with Gasteiger partial charge in [0.2, 0.25) is 0 Å². The summed E-state index contributed by atoms with van der Waals surface area (Å²) in [6.45, 7) is 6.08. The number of nitrogens with one attached hydrogen (secondary N) is 1. The van der Waals surface area contributed by atoms with Crippen molar-refractivity contribution in [1.82, 2.24) is 4.98 Å². The summed E-state index contributed by atoms with van der Waals surface area (Å²) in [5.41, 5.74) is 2.12. The zero-order valence-electron chi connectivity index (χ0n) is 11.7. The number of pyridine rings is 1. The number of aromatic nitrogens is 1. The maximum absolute atomic E-state index is 12.3. The van der Waals surface area contributed by atoms with Crippen LogP contribution in [0.1, 0.15) is 29.7 Å². The molecule has 0 aliphatic carbocycles. The molecule has 1 atom stereocenters. The molecular formula is C15H19BNOS. The Morgan fingerprint density at radius 1 is 1.58 bits per heavy atom. The highest BCUT2D eigenvalue weighted by Crippen LogP contribution is 2.37. The van der Waals surface area contributed by atoms with Crippen molar-refractivity contribution in [3.8, 4) is 0 Å². The van der Waals surface area contributed by atoms with Crippen molar-refractivity contribution in [2.24, 2.45) is 0 Å². The van der Waals surface area contributed by atoms with Gasteiger partial charge in [0.15, 0.2) is 0 Å². The van der Waals surface area contributed by atoms with E-state index in [0.29, 0.717) is 0 Å². The van der Waals surface area contributed by atoms with Gasteiger partial charge in [0, 0.05) is 16.2 Å². The normalized spacial score (nSPS) is 20.3. The average molecular weight is 272 g/mol. The Morgan fingerprint density at radius 3 is 2.95 bits per heavy atom. The van der Waals surface area contributed by atoms with Crippen LogP contribution < -0.4 is 16.1 Å². The van der Waals surface area contributed by atoms with Crippen LogP contribution in [0.3, 0.4) is 0 Å². The van der Waals surface area contributed by atoms with Gasteiger partial charge >= 0.3 is 0 Å². The number of rotatable bonds is 3. The minimum Gasteiger partial charge on any atom is -0.322 e. The topological polar surface area (TPSA) is 32.9 Å². The summed E-state index contributed by atoms with van der Waals surface area (Å²) in [4.78, 5) is 15.3. The summed E-state index contributed by atoms with van der Waals surface area (Å²) in [7, 11) is 2.12. The first-order valence-corrected chi connectivity index (χ1v) is 7.61. The second-order valence-electron chi connectivity index (χ2n) is 4.69. The maximum Gasteiger partial charge on any atom is 0.253 e. The molecule has 1 unspecified atom stereocenters. The van der Waals surface area contributed by atoms with Crippen LogP contribution in [0.4, 0.5) is 0 Å². The lowest BCUT2D eigenvalue weighted by atomic mass is 9.78. The molecule has 0 fully saturated rings. The Kier molecular flexibility index (Phi) is 4.75. The fraction of sp³-hybridized carbons (Fsp3) is 0.400. The molecule has 2 heterocycles. The molecular weight excluding hydrogens is 253 g/mol. The van der Waals surface area contributed by atoms with Crippen molar-refractivity contribution < 1.29 is 0 Å². The van der Waals surface area contributed by atoms with Crippen LogP contribution in [0.25, 0.3) is 12.2 Å². The summed E-state index contributed by atoms with van der Waals surface area (Å²) in [6.07, 6.45) is 8.17. The van der Waals surface area contributed by atoms with Crippen LogP contribution in [0.5, 0.6) is 0 Å². The van der Waals surface area contributed by atoms with E-state index in [9.17, 15) is 4.79 Å². The fourth-order valence-electron chi connectivity index (χ4n) is 2.46. The number of thioether (sulfide) groups is 1. The smallest absolute Gasteiger partial charge is 0.253 e. The third-order valence-electron chi connectivity index (χ3n) is 3.45. The summed E-state index contributed by atoms with van der Waals surface area (Å²) in [6, 6.07) is 0. The van der Waals surface area contributed by atoms with Crippen molar-refractivity contribution in [1.29, 1.82) is 0 Å². The highest BCUT2D eigenvalue weighted by Gasteiger charge is 2.20. The molecule has 0 amide bonds. The first-order valence-electron chi connectivity index (χ1n) is 6.66. The molecule has 4 heteroatoms. The highest BCUT2D eigenvalue weighted by molar-refractivity contribution is 8.02. The van der Waals surface area contributed by atoms with Crippen molar-refractivity contribution in [2.45, 2.75) is 38.7 Å². The van der Waals surface area contributed by atoms with Gasteiger partial charge in [-0.3, -0.25) is 4.79 Å².